The molecule has 0 radical (unpaired) electrons. The van der Waals surface area contributed by atoms with Crippen LogP contribution in [0.15, 0.2) is 22.5 Å². The summed E-state index contributed by atoms with van der Waals surface area (Å²) in [5.41, 5.74) is 0.343. The largest absolute Gasteiger partial charge is 0.385 e. The van der Waals surface area contributed by atoms with Crippen LogP contribution in [0.4, 0.5) is 0 Å². The van der Waals surface area contributed by atoms with Gasteiger partial charge in [0.05, 0.1) is 19.3 Å². The number of thiophene rings is 1. The molecule has 1 aromatic heterocycles. The Morgan fingerprint density at radius 1 is 1.34 bits per heavy atom. The van der Waals surface area contributed by atoms with Gasteiger partial charge in [-0.3, -0.25) is 9.89 Å². The maximum Gasteiger partial charge on any atom is 0.191 e. The van der Waals surface area contributed by atoms with Crippen molar-refractivity contribution in [3.05, 3.63) is 22.4 Å². The highest BCUT2D eigenvalue weighted by Gasteiger charge is 2.36. The van der Waals surface area contributed by atoms with E-state index in [1.807, 2.05) is 11.3 Å². The van der Waals surface area contributed by atoms with E-state index >= 15 is 0 Å². The first-order valence-electron chi connectivity index (χ1n) is 10.6. The van der Waals surface area contributed by atoms with Gasteiger partial charge in [0, 0.05) is 51.3 Å². The zero-order valence-corrected chi connectivity index (χ0v) is 21.0. The summed E-state index contributed by atoms with van der Waals surface area (Å²) in [6.45, 7) is 9.17. The molecule has 0 aromatic carbocycles. The Labute approximate surface area is 196 Å². The number of halogens is 1. The van der Waals surface area contributed by atoms with E-state index in [0.717, 1.165) is 64.9 Å². The fraction of sp³-hybridized carbons (Fsp3) is 0.762. The van der Waals surface area contributed by atoms with E-state index in [4.69, 9.17) is 14.5 Å². The summed E-state index contributed by atoms with van der Waals surface area (Å²) in [4.78, 5) is 8.89. The number of ether oxygens (including phenoxy) is 2. The third kappa shape index (κ3) is 7.34. The van der Waals surface area contributed by atoms with Crippen LogP contribution in [0.1, 0.15) is 43.5 Å². The highest BCUT2D eigenvalue weighted by molar-refractivity contribution is 14.0. The molecule has 0 bridgehead atoms. The summed E-state index contributed by atoms with van der Waals surface area (Å²) in [6, 6.07) is 4.74. The Kier molecular flexibility index (Phi) is 11.2. The van der Waals surface area contributed by atoms with Crippen molar-refractivity contribution < 1.29 is 9.47 Å². The van der Waals surface area contributed by atoms with Crippen molar-refractivity contribution in [3.63, 3.8) is 0 Å². The predicted molar refractivity (Wildman–Crippen MR) is 132 cm³/mol. The second-order valence-electron chi connectivity index (χ2n) is 7.85. The van der Waals surface area contributed by atoms with Crippen LogP contribution >= 0.6 is 35.3 Å². The van der Waals surface area contributed by atoms with Gasteiger partial charge in [-0.25, -0.2) is 0 Å². The molecule has 2 N–H and O–H groups in total. The van der Waals surface area contributed by atoms with E-state index in [1.165, 1.54) is 24.1 Å². The first-order valence-corrected chi connectivity index (χ1v) is 11.5. The van der Waals surface area contributed by atoms with Crippen LogP contribution in [0.5, 0.6) is 0 Å². The van der Waals surface area contributed by atoms with Crippen LogP contribution in [0.2, 0.25) is 0 Å². The van der Waals surface area contributed by atoms with Gasteiger partial charge in [0.2, 0.25) is 0 Å². The van der Waals surface area contributed by atoms with Gasteiger partial charge in [0.15, 0.2) is 5.96 Å². The fourth-order valence-electron chi connectivity index (χ4n) is 4.04. The third-order valence-electron chi connectivity index (χ3n) is 5.99. The Morgan fingerprint density at radius 2 is 2.14 bits per heavy atom. The molecule has 1 saturated heterocycles. The van der Waals surface area contributed by atoms with Crippen LogP contribution in [0.3, 0.4) is 0 Å². The Hall–Kier alpha value is -0.420. The lowest BCUT2D eigenvalue weighted by molar-refractivity contribution is 0.0177. The van der Waals surface area contributed by atoms with Crippen LogP contribution in [-0.2, 0) is 9.47 Å². The van der Waals surface area contributed by atoms with Gasteiger partial charge in [0.25, 0.3) is 0 Å². The molecule has 3 rings (SSSR count). The molecular formula is C21H37IN4O2S. The molecule has 2 aliphatic rings. The number of rotatable bonds is 10. The number of morpholine rings is 1. The van der Waals surface area contributed by atoms with Gasteiger partial charge in [-0.1, -0.05) is 12.5 Å². The van der Waals surface area contributed by atoms with E-state index in [9.17, 15) is 0 Å². The lowest BCUT2D eigenvalue weighted by Crippen LogP contribution is -2.46. The van der Waals surface area contributed by atoms with E-state index in [0.29, 0.717) is 11.5 Å². The molecule has 8 heteroatoms. The Morgan fingerprint density at radius 3 is 2.72 bits per heavy atom. The first kappa shape index (κ1) is 24.8. The van der Waals surface area contributed by atoms with Gasteiger partial charge in [-0.05, 0) is 43.0 Å². The lowest BCUT2D eigenvalue weighted by Gasteiger charge is -2.41. The molecule has 0 spiro atoms. The summed E-state index contributed by atoms with van der Waals surface area (Å²) in [7, 11) is 1.79. The maximum absolute atomic E-state index is 5.55. The minimum Gasteiger partial charge on any atom is -0.385 e. The zero-order chi connectivity index (χ0) is 19.7. The van der Waals surface area contributed by atoms with Crippen LogP contribution in [-0.4, -0.2) is 70.5 Å². The fourth-order valence-corrected chi connectivity index (χ4v) is 4.90. The van der Waals surface area contributed by atoms with Crippen molar-refractivity contribution in [1.29, 1.82) is 0 Å². The topological polar surface area (TPSA) is 58.1 Å². The SMILES string of the molecule is CCNC(=NCC1(CCOC)CCC1)NCC(c1cccs1)N1CCOCC1.I. The highest BCUT2D eigenvalue weighted by Crippen LogP contribution is 2.44. The van der Waals surface area contributed by atoms with Crippen molar-refractivity contribution in [3.8, 4) is 0 Å². The second kappa shape index (κ2) is 13.1. The first-order chi connectivity index (χ1) is 13.8. The van der Waals surface area contributed by atoms with Crippen LogP contribution in [0.25, 0.3) is 0 Å². The van der Waals surface area contributed by atoms with E-state index < -0.39 is 0 Å². The molecule has 1 aliphatic heterocycles. The summed E-state index contributed by atoms with van der Waals surface area (Å²) in [5, 5.41) is 9.21. The molecule has 1 aromatic rings. The van der Waals surface area contributed by atoms with Crippen molar-refractivity contribution in [2.75, 3.05) is 59.7 Å². The quantitative estimate of drug-likeness (QED) is 0.273. The van der Waals surface area contributed by atoms with Crippen molar-refractivity contribution in [2.45, 2.75) is 38.6 Å². The van der Waals surface area contributed by atoms with Gasteiger partial charge in [-0.2, -0.15) is 0 Å². The van der Waals surface area contributed by atoms with Crippen molar-refractivity contribution in [1.82, 2.24) is 15.5 Å². The van der Waals surface area contributed by atoms with Gasteiger partial charge in [-0.15, -0.1) is 35.3 Å². The third-order valence-corrected chi connectivity index (χ3v) is 6.96. The number of nitrogens with zero attached hydrogens (tertiary/aromatic N) is 2. The van der Waals surface area contributed by atoms with E-state index in [-0.39, 0.29) is 24.0 Å². The molecule has 2 fully saturated rings. The van der Waals surface area contributed by atoms with Gasteiger partial charge >= 0.3 is 0 Å². The van der Waals surface area contributed by atoms with Gasteiger partial charge in [0.1, 0.15) is 0 Å². The lowest BCUT2D eigenvalue weighted by atomic mass is 9.67. The predicted octanol–water partition coefficient (Wildman–Crippen LogP) is 3.50. The van der Waals surface area contributed by atoms with Crippen LogP contribution < -0.4 is 10.6 Å². The second-order valence-corrected chi connectivity index (χ2v) is 8.83. The number of methoxy groups -OCH3 is 1. The van der Waals surface area contributed by atoms with E-state index in [2.05, 4.69) is 40.0 Å². The molecule has 0 amide bonds. The number of aliphatic imine (C=N–C) groups is 1. The molecule has 29 heavy (non-hydrogen) atoms. The highest BCUT2D eigenvalue weighted by atomic mass is 127. The smallest absolute Gasteiger partial charge is 0.191 e. The Balaban J connectivity index is 0.00000300. The summed E-state index contributed by atoms with van der Waals surface area (Å²) in [5.74, 6) is 0.931. The average Bonchev–Trinajstić information content (AvgIpc) is 3.22. The zero-order valence-electron chi connectivity index (χ0n) is 17.8. The monoisotopic (exact) mass is 536 g/mol. The number of guanidine groups is 1. The maximum atomic E-state index is 5.55. The Bertz CT molecular complexity index is 590. The summed E-state index contributed by atoms with van der Waals surface area (Å²) < 4.78 is 10.9. The molecular weight excluding hydrogens is 499 g/mol. The van der Waals surface area contributed by atoms with Gasteiger partial charge < -0.3 is 20.1 Å². The minimum absolute atomic E-state index is 0. The number of nitrogens with one attached hydrogen (secondary N) is 2. The molecule has 166 valence electrons. The number of hydrogen-bond donors (Lipinski definition) is 2. The van der Waals surface area contributed by atoms with Crippen molar-refractivity contribution in [2.24, 2.45) is 10.4 Å². The molecule has 2 heterocycles. The average molecular weight is 537 g/mol. The summed E-state index contributed by atoms with van der Waals surface area (Å²) in [6.07, 6.45) is 4.97. The molecule has 1 unspecified atom stereocenters. The molecule has 1 aliphatic carbocycles. The van der Waals surface area contributed by atoms with Crippen LogP contribution in [0, 0.1) is 5.41 Å². The standard InChI is InChI=1S/C21H36N4O2S.HI/c1-3-22-20(24-17-21(7-5-8-21)9-12-26-2)23-16-18(19-6-4-15-28-19)25-10-13-27-14-11-25;/h4,6,15,18H,3,5,7-14,16-17H2,1-2H3,(H2,22,23,24);1H. The normalized spacial score (nSPS) is 20.4. The van der Waals surface area contributed by atoms with E-state index in [1.54, 1.807) is 7.11 Å². The van der Waals surface area contributed by atoms with Crippen molar-refractivity contribution >= 4 is 41.3 Å². The number of hydrogen-bond acceptors (Lipinski definition) is 5. The molecule has 1 atom stereocenters. The molecule has 1 saturated carbocycles. The molecule has 6 nitrogen and oxygen atoms in total. The summed E-state index contributed by atoms with van der Waals surface area (Å²) >= 11 is 1.83. The minimum atomic E-state index is 0.